The number of nitrogens with zero attached hydrogens (tertiary/aromatic N) is 2. The average molecular weight is 777 g/mol. The number of ether oxygens (including phenoxy) is 5. The zero-order valence-corrected chi connectivity index (χ0v) is 33.8. The molecule has 56 heavy (non-hydrogen) atoms. The quantitative estimate of drug-likeness (QED) is 0.0620. The molecule has 6 unspecified atom stereocenters. The van der Waals surface area contributed by atoms with E-state index in [9.17, 15) is 19.8 Å². The molecule has 6 atom stereocenters. The Morgan fingerprint density at radius 2 is 1.77 bits per heavy atom. The average Bonchev–Trinajstić information content (AvgIpc) is 3.19. The molecule has 2 aromatic carbocycles. The summed E-state index contributed by atoms with van der Waals surface area (Å²) in [4.78, 5) is 33.5. The summed E-state index contributed by atoms with van der Waals surface area (Å²) in [5.41, 5.74) is 2.35. The van der Waals surface area contributed by atoms with Crippen LogP contribution in [0.15, 0.2) is 65.9 Å². The van der Waals surface area contributed by atoms with Gasteiger partial charge in [0.05, 0.1) is 38.0 Å². The fraction of sp³-hybridized carbons (Fsp3) is 0.568. The van der Waals surface area contributed by atoms with Gasteiger partial charge < -0.3 is 38.7 Å². The van der Waals surface area contributed by atoms with Crippen molar-refractivity contribution in [2.75, 3.05) is 40.6 Å². The number of allylic oxidation sites excluding steroid dienone is 1. The minimum absolute atomic E-state index is 0.0440. The number of hydrogen-bond acceptors (Lipinski definition) is 11. The molecule has 2 aliphatic carbocycles. The zero-order valence-electron chi connectivity index (χ0n) is 33.8. The predicted molar refractivity (Wildman–Crippen MR) is 214 cm³/mol. The lowest BCUT2D eigenvalue weighted by molar-refractivity contribution is -0.255. The fourth-order valence-electron chi connectivity index (χ4n) is 8.64. The number of fused-ring (bicyclic) bond motifs is 2. The summed E-state index contributed by atoms with van der Waals surface area (Å²) in [6, 6.07) is 10.2. The molecule has 1 fully saturated rings. The number of carbonyl (C=O) groups excluding carboxylic acids is 2. The molecule has 3 aliphatic rings. The first-order valence-electron chi connectivity index (χ1n) is 19.9. The number of methoxy groups -OCH3 is 2. The molecule has 0 radical (unpaired) electrons. The number of aliphatic hydroxyl groups excluding tert-OH is 2. The third kappa shape index (κ3) is 9.24. The van der Waals surface area contributed by atoms with Crippen molar-refractivity contribution in [2.24, 2.45) is 22.9 Å². The van der Waals surface area contributed by atoms with Gasteiger partial charge >= 0.3 is 6.09 Å². The highest BCUT2D eigenvalue weighted by Gasteiger charge is 2.65. The lowest BCUT2D eigenvalue weighted by atomic mass is 9.55. The van der Waals surface area contributed by atoms with E-state index in [1.165, 1.54) is 14.2 Å². The lowest BCUT2D eigenvalue weighted by Gasteiger charge is -2.59. The van der Waals surface area contributed by atoms with E-state index in [0.29, 0.717) is 60.1 Å². The predicted octanol–water partition coefficient (Wildman–Crippen LogP) is 8.21. The van der Waals surface area contributed by atoms with Crippen molar-refractivity contribution in [3.05, 3.63) is 71.8 Å². The summed E-state index contributed by atoms with van der Waals surface area (Å²) in [5.74, 6) is 0.114. The molecule has 2 N–H and O–H groups in total. The lowest BCUT2D eigenvalue weighted by Crippen LogP contribution is -2.70. The summed E-state index contributed by atoms with van der Waals surface area (Å²) < 4.78 is 31.3. The summed E-state index contributed by atoms with van der Waals surface area (Å²) in [6.45, 7) is 12.6. The number of oxime groups is 1. The van der Waals surface area contributed by atoms with E-state index >= 15 is 0 Å². The van der Waals surface area contributed by atoms with Gasteiger partial charge in [0.15, 0.2) is 6.29 Å². The van der Waals surface area contributed by atoms with Crippen LogP contribution in [0.1, 0.15) is 101 Å². The summed E-state index contributed by atoms with van der Waals surface area (Å²) in [7, 11) is 2.89. The number of unbranched alkanes of at least 4 members (excludes halogenated alkanes) is 2. The van der Waals surface area contributed by atoms with Gasteiger partial charge in [0.25, 0.3) is 0 Å². The fourth-order valence-corrected chi connectivity index (χ4v) is 8.64. The number of carbonyl (C=O) groups is 2. The van der Waals surface area contributed by atoms with Crippen LogP contribution in [0.3, 0.4) is 0 Å². The minimum Gasteiger partial charge on any atom is -0.496 e. The molecule has 1 heterocycles. The van der Waals surface area contributed by atoms with Crippen molar-refractivity contribution in [3.8, 4) is 23.0 Å². The van der Waals surface area contributed by atoms with Gasteiger partial charge in [-0.1, -0.05) is 37.1 Å². The Kier molecular flexibility index (Phi) is 14.6. The number of aldehydes is 1. The normalized spacial score (nSPS) is 24.5. The maximum atomic E-state index is 13.7. The molecule has 1 aliphatic heterocycles. The Hall–Kier alpha value is -4.39. The Labute approximate surface area is 331 Å². The van der Waals surface area contributed by atoms with Crippen LogP contribution in [0.5, 0.6) is 23.0 Å². The van der Waals surface area contributed by atoms with Crippen molar-refractivity contribution in [2.45, 2.75) is 102 Å². The summed E-state index contributed by atoms with van der Waals surface area (Å²) in [6.07, 6.45) is 9.73. The Morgan fingerprint density at radius 3 is 2.41 bits per heavy atom. The van der Waals surface area contributed by atoms with Crippen molar-refractivity contribution < 1.29 is 48.3 Å². The van der Waals surface area contributed by atoms with Crippen molar-refractivity contribution in [3.63, 3.8) is 0 Å². The number of aliphatic hydroxyl groups is 2. The van der Waals surface area contributed by atoms with Crippen LogP contribution in [-0.2, 0) is 14.3 Å². The number of rotatable bonds is 19. The van der Waals surface area contributed by atoms with E-state index in [4.69, 9.17) is 33.7 Å². The van der Waals surface area contributed by atoms with Gasteiger partial charge in [0.1, 0.15) is 34.6 Å². The van der Waals surface area contributed by atoms with Gasteiger partial charge in [-0.2, -0.15) is 0 Å². The summed E-state index contributed by atoms with van der Waals surface area (Å²) in [5, 5.41) is 24.6. The second-order valence-corrected chi connectivity index (χ2v) is 15.8. The molecule has 0 bridgehead atoms. The number of amides is 1. The van der Waals surface area contributed by atoms with E-state index in [1.54, 1.807) is 29.2 Å². The molecule has 1 saturated carbocycles. The number of benzene rings is 2. The minimum atomic E-state index is -1.38. The monoisotopic (exact) mass is 776 g/mol. The third-order valence-electron chi connectivity index (χ3n) is 10.9. The van der Waals surface area contributed by atoms with E-state index in [-0.39, 0.29) is 44.0 Å². The number of hydrogen-bond donors (Lipinski definition) is 2. The van der Waals surface area contributed by atoms with Gasteiger partial charge in [-0.05, 0) is 107 Å². The molecule has 5 rings (SSSR count). The smallest absolute Gasteiger partial charge is 0.409 e. The van der Waals surface area contributed by atoms with Gasteiger partial charge in [-0.3, -0.25) is 9.69 Å². The Bertz CT molecular complexity index is 1730. The van der Waals surface area contributed by atoms with Gasteiger partial charge in [0.2, 0.25) is 5.79 Å². The van der Waals surface area contributed by atoms with Crippen molar-refractivity contribution in [1.82, 2.24) is 4.90 Å². The van der Waals surface area contributed by atoms with Crippen molar-refractivity contribution >= 4 is 18.1 Å². The highest BCUT2D eigenvalue weighted by atomic mass is 16.7. The van der Waals surface area contributed by atoms with Crippen LogP contribution in [0.2, 0.25) is 0 Å². The molecular formula is C44H60N2O10. The van der Waals surface area contributed by atoms with Crippen LogP contribution in [0.4, 0.5) is 4.79 Å². The molecule has 2 aromatic rings. The van der Waals surface area contributed by atoms with E-state index in [0.717, 1.165) is 43.1 Å². The summed E-state index contributed by atoms with van der Waals surface area (Å²) >= 11 is 0. The molecule has 1 amide bonds. The van der Waals surface area contributed by atoms with Crippen LogP contribution in [0, 0.1) is 17.8 Å². The molecule has 306 valence electrons. The maximum Gasteiger partial charge on any atom is 0.409 e. The molecule has 0 spiro atoms. The van der Waals surface area contributed by atoms with Crippen LogP contribution in [-0.4, -0.2) is 91.2 Å². The van der Waals surface area contributed by atoms with E-state index < -0.39 is 29.4 Å². The first-order valence-corrected chi connectivity index (χ1v) is 19.9. The zero-order chi connectivity index (χ0) is 40.5. The van der Waals surface area contributed by atoms with E-state index in [1.807, 2.05) is 45.9 Å². The topological polar surface area (TPSA) is 146 Å². The molecule has 12 nitrogen and oxygen atoms in total. The van der Waals surface area contributed by atoms with Crippen molar-refractivity contribution in [1.29, 1.82) is 0 Å². The first kappa shape index (κ1) is 42.7. The highest BCUT2D eigenvalue weighted by Crippen LogP contribution is 2.62. The van der Waals surface area contributed by atoms with Gasteiger partial charge in [-0.15, -0.1) is 6.58 Å². The van der Waals surface area contributed by atoms with Crippen LogP contribution in [0.25, 0.3) is 0 Å². The second-order valence-electron chi connectivity index (χ2n) is 15.8. The van der Waals surface area contributed by atoms with Crippen LogP contribution < -0.4 is 14.2 Å². The Balaban J connectivity index is 1.79. The molecular weight excluding hydrogens is 716 g/mol. The third-order valence-corrected chi connectivity index (χ3v) is 10.9. The Morgan fingerprint density at radius 1 is 1.05 bits per heavy atom. The molecule has 0 aromatic heterocycles. The maximum absolute atomic E-state index is 13.7. The largest absolute Gasteiger partial charge is 0.496 e. The highest BCUT2D eigenvalue weighted by molar-refractivity contribution is 6.03. The van der Waals surface area contributed by atoms with Gasteiger partial charge in [0, 0.05) is 37.7 Å². The van der Waals surface area contributed by atoms with Crippen LogP contribution >= 0.6 is 0 Å². The standard InChI is InChI=1S/C44H60N2O10/c1-8-20-46(42(50)52-7)39-27-36(45-56-43(3,4)5)34-25-29(14-10-12-21-47)33(15-11-13-22-48)40-35-26-32(54-31-16-18-37(51-6)30(24-31)28-49)17-19-38(35)55-44(39,41(34)40)53-23-9-2/h9,16-19,24-26,28-29,33,39-41,47-48H,2,8,10-15,20-23,27H2,1,3-7H3. The van der Waals surface area contributed by atoms with E-state index in [2.05, 4.69) is 12.7 Å². The molecule has 12 heteroatoms. The second kappa shape index (κ2) is 19.2. The first-order chi connectivity index (χ1) is 27.0. The SMILES string of the molecule is C=CCOC12Oc3ccc(Oc4ccc(OC)c(C=O)c4)cc3C3C(CCCCO)C(CCCCO)C=C(C(=NOC(C)(C)C)CC1N(CCC)C(=O)OC)C32. The molecule has 0 saturated heterocycles. The van der Waals surface area contributed by atoms with Gasteiger partial charge in [-0.25, -0.2) is 4.79 Å².